The number of aromatic nitrogens is 4. The van der Waals surface area contributed by atoms with Crippen molar-refractivity contribution in [3.8, 4) is 28.0 Å². The van der Waals surface area contributed by atoms with Gasteiger partial charge in [-0.25, -0.2) is 14.5 Å². The number of benzene rings is 2. The minimum absolute atomic E-state index is 0.723. The quantitative estimate of drug-likeness (QED) is 0.261. The van der Waals surface area contributed by atoms with Gasteiger partial charge in [0.05, 0.1) is 17.4 Å². The van der Waals surface area contributed by atoms with Crippen molar-refractivity contribution in [3.05, 3.63) is 85.5 Å². The summed E-state index contributed by atoms with van der Waals surface area (Å²) in [4.78, 5) is 12.1. The van der Waals surface area contributed by atoms with E-state index in [1.807, 2.05) is 60.4 Å². The van der Waals surface area contributed by atoms with Crippen molar-refractivity contribution < 1.29 is 4.74 Å². The summed E-state index contributed by atoms with van der Waals surface area (Å²) < 4.78 is 7.84. The van der Waals surface area contributed by atoms with Crippen LogP contribution in [0.1, 0.15) is 31.9 Å². The lowest BCUT2D eigenvalue weighted by atomic mass is 10.0. The minimum Gasteiger partial charge on any atom is -0.492 e. The van der Waals surface area contributed by atoms with Gasteiger partial charge in [0, 0.05) is 35.5 Å². The number of piperidine rings is 1. The summed E-state index contributed by atoms with van der Waals surface area (Å²) in [5, 5.41) is 5.70. The fourth-order valence-electron chi connectivity index (χ4n) is 5.06. The maximum Gasteiger partial charge on any atom is 0.162 e. The highest BCUT2D eigenvalue weighted by Gasteiger charge is 2.14. The van der Waals surface area contributed by atoms with E-state index < -0.39 is 0 Å². The molecule has 4 heterocycles. The van der Waals surface area contributed by atoms with Crippen LogP contribution in [0.15, 0.2) is 79.8 Å². The van der Waals surface area contributed by atoms with Crippen molar-refractivity contribution in [1.29, 1.82) is 0 Å². The van der Waals surface area contributed by atoms with E-state index in [-0.39, 0.29) is 0 Å². The Balaban J connectivity index is 1.21. The maximum absolute atomic E-state index is 5.99. The highest BCUT2D eigenvalue weighted by atomic mass is 16.5. The van der Waals surface area contributed by atoms with Gasteiger partial charge in [0.2, 0.25) is 0 Å². The van der Waals surface area contributed by atoms with Crippen molar-refractivity contribution in [1.82, 2.24) is 24.5 Å². The van der Waals surface area contributed by atoms with E-state index in [2.05, 4.69) is 40.8 Å². The summed E-state index contributed by atoms with van der Waals surface area (Å²) >= 11 is 0. The van der Waals surface area contributed by atoms with E-state index in [0.717, 1.165) is 69.0 Å². The van der Waals surface area contributed by atoms with Gasteiger partial charge in [-0.3, -0.25) is 4.90 Å². The molecule has 1 aliphatic rings. The molecule has 0 N–H and O–H groups in total. The van der Waals surface area contributed by atoms with Crippen LogP contribution in [0.2, 0.25) is 0 Å². The summed E-state index contributed by atoms with van der Waals surface area (Å²) in [5.74, 6) is 0.899. The molecule has 6 heteroatoms. The van der Waals surface area contributed by atoms with Gasteiger partial charge in [-0.05, 0) is 73.8 Å². The van der Waals surface area contributed by atoms with Gasteiger partial charge in [0.15, 0.2) is 5.65 Å². The molecule has 6 nitrogen and oxygen atoms in total. The first-order valence-corrected chi connectivity index (χ1v) is 13.0. The highest BCUT2D eigenvalue weighted by molar-refractivity contribution is 5.98. The number of likely N-dealkylation sites (tertiary alicyclic amines) is 1. The van der Waals surface area contributed by atoms with Crippen molar-refractivity contribution in [2.75, 3.05) is 26.2 Å². The van der Waals surface area contributed by atoms with Gasteiger partial charge >= 0.3 is 0 Å². The largest absolute Gasteiger partial charge is 0.492 e. The SMILES string of the molecule is C=C(C)c1ccc2c(-c3cnn4cc(-c5ccc(OCCN6CCCCC6)cc5)cnc34)cccc2n1. The molecule has 1 fully saturated rings. The molecule has 0 saturated carbocycles. The van der Waals surface area contributed by atoms with Crippen LogP contribution in [-0.2, 0) is 0 Å². The normalized spacial score (nSPS) is 14.3. The number of ether oxygens (including phenoxy) is 1. The summed E-state index contributed by atoms with van der Waals surface area (Å²) in [6.07, 6.45) is 9.79. The Labute approximate surface area is 217 Å². The zero-order chi connectivity index (χ0) is 25.2. The lowest BCUT2D eigenvalue weighted by Gasteiger charge is -2.26. The first-order valence-electron chi connectivity index (χ1n) is 13.0. The molecule has 6 rings (SSSR count). The van der Waals surface area contributed by atoms with E-state index >= 15 is 0 Å². The van der Waals surface area contributed by atoms with Gasteiger partial charge < -0.3 is 4.74 Å². The van der Waals surface area contributed by atoms with Crippen LogP contribution < -0.4 is 4.74 Å². The molecule has 5 aromatic rings. The number of pyridine rings is 1. The van der Waals surface area contributed by atoms with Crippen molar-refractivity contribution >= 4 is 22.1 Å². The van der Waals surface area contributed by atoms with Gasteiger partial charge in [-0.2, -0.15) is 5.10 Å². The predicted octanol–water partition coefficient (Wildman–Crippen LogP) is 6.51. The number of nitrogens with zero attached hydrogens (tertiary/aromatic N) is 5. The summed E-state index contributed by atoms with van der Waals surface area (Å²) in [5.41, 5.74) is 7.76. The lowest BCUT2D eigenvalue weighted by molar-refractivity contribution is 0.183. The molecule has 3 aromatic heterocycles. The number of hydrogen-bond acceptors (Lipinski definition) is 5. The summed E-state index contributed by atoms with van der Waals surface area (Å²) in [6.45, 7) is 10.1. The second-order valence-electron chi connectivity index (χ2n) is 9.79. The second kappa shape index (κ2) is 10.1. The first-order chi connectivity index (χ1) is 18.2. The fraction of sp³-hybridized carbons (Fsp3) is 0.258. The van der Waals surface area contributed by atoms with Crippen LogP contribution in [0.25, 0.3) is 44.4 Å². The highest BCUT2D eigenvalue weighted by Crippen LogP contribution is 2.32. The van der Waals surface area contributed by atoms with Crippen LogP contribution in [0.3, 0.4) is 0 Å². The zero-order valence-electron chi connectivity index (χ0n) is 21.2. The standard InChI is InChI=1S/C31H31N5O/c1-22(2)29-14-13-27-26(7-6-8-30(27)34-29)28-20-33-36-21-24(19-32-31(28)36)23-9-11-25(12-10-23)37-18-17-35-15-4-3-5-16-35/h6-14,19-21H,1,3-5,15-18H2,2H3. The number of allylic oxidation sites excluding steroid dienone is 1. The average Bonchev–Trinajstić information content (AvgIpc) is 3.36. The molecule has 0 amide bonds. The number of hydrogen-bond donors (Lipinski definition) is 0. The Morgan fingerprint density at radius 3 is 2.57 bits per heavy atom. The minimum atomic E-state index is 0.723. The van der Waals surface area contributed by atoms with Crippen LogP contribution >= 0.6 is 0 Å². The molecule has 0 bridgehead atoms. The molecule has 2 aromatic carbocycles. The molecule has 0 aliphatic carbocycles. The van der Waals surface area contributed by atoms with Gasteiger partial charge in [0.1, 0.15) is 12.4 Å². The monoisotopic (exact) mass is 489 g/mol. The maximum atomic E-state index is 5.99. The second-order valence-corrected chi connectivity index (χ2v) is 9.79. The van der Waals surface area contributed by atoms with Crippen molar-refractivity contribution in [2.45, 2.75) is 26.2 Å². The Bertz CT molecular complexity index is 1560. The molecule has 1 saturated heterocycles. The predicted molar refractivity (Wildman–Crippen MR) is 150 cm³/mol. The molecule has 0 atom stereocenters. The smallest absolute Gasteiger partial charge is 0.162 e. The number of fused-ring (bicyclic) bond motifs is 2. The van der Waals surface area contributed by atoms with E-state index in [9.17, 15) is 0 Å². The van der Waals surface area contributed by atoms with E-state index in [1.54, 1.807) is 0 Å². The lowest BCUT2D eigenvalue weighted by Crippen LogP contribution is -2.33. The molecular weight excluding hydrogens is 458 g/mol. The topological polar surface area (TPSA) is 55.6 Å². The van der Waals surface area contributed by atoms with Gasteiger partial charge in [-0.15, -0.1) is 0 Å². The third-order valence-electron chi connectivity index (χ3n) is 7.13. The van der Waals surface area contributed by atoms with E-state index in [0.29, 0.717) is 0 Å². The summed E-state index contributed by atoms with van der Waals surface area (Å²) in [7, 11) is 0. The Morgan fingerprint density at radius 1 is 0.919 bits per heavy atom. The molecule has 37 heavy (non-hydrogen) atoms. The Kier molecular flexibility index (Phi) is 6.41. The van der Waals surface area contributed by atoms with Crippen LogP contribution in [-0.4, -0.2) is 50.7 Å². The van der Waals surface area contributed by atoms with E-state index in [1.165, 1.54) is 32.4 Å². The third-order valence-corrected chi connectivity index (χ3v) is 7.13. The molecule has 186 valence electrons. The van der Waals surface area contributed by atoms with E-state index in [4.69, 9.17) is 14.7 Å². The van der Waals surface area contributed by atoms with Gasteiger partial charge in [0.25, 0.3) is 0 Å². The zero-order valence-corrected chi connectivity index (χ0v) is 21.2. The van der Waals surface area contributed by atoms with Gasteiger partial charge in [-0.1, -0.05) is 43.3 Å². The molecule has 0 unspecified atom stereocenters. The molecule has 1 aliphatic heterocycles. The van der Waals surface area contributed by atoms with Crippen molar-refractivity contribution in [3.63, 3.8) is 0 Å². The van der Waals surface area contributed by atoms with Crippen LogP contribution in [0.4, 0.5) is 0 Å². The molecular formula is C31H31N5O. The first kappa shape index (κ1) is 23.4. The molecule has 0 radical (unpaired) electrons. The Hall–Kier alpha value is -4.03. The third kappa shape index (κ3) is 4.85. The molecule has 0 spiro atoms. The Morgan fingerprint density at radius 2 is 1.76 bits per heavy atom. The van der Waals surface area contributed by atoms with Crippen LogP contribution in [0, 0.1) is 0 Å². The fourth-order valence-corrected chi connectivity index (χ4v) is 5.06. The van der Waals surface area contributed by atoms with Crippen LogP contribution in [0.5, 0.6) is 5.75 Å². The average molecular weight is 490 g/mol. The van der Waals surface area contributed by atoms with Crippen molar-refractivity contribution in [2.24, 2.45) is 0 Å². The number of rotatable bonds is 7. The summed E-state index contributed by atoms with van der Waals surface area (Å²) in [6, 6.07) is 18.5.